The molecule has 0 fully saturated rings. The van der Waals surface area contributed by atoms with Gasteiger partial charge in [0.1, 0.15) is 0 Å². The standard InChI is InChI=1S/C11H9NS2.2BrH.2Mg/c13-11(14)12-10-6-5-8-3-1-2-4-9(8)7-10;;;;/h1-7H,(H2,12,13,14);2*1H;;/q;;;2*+2/p-4. The van der Waals surface area contributed by atoms with Crippen LogP contribution in [0.1, 0.15) is 0 Å². The van der Waals surface area contributed by atoms with Gasteiger partial charge in [-0.05, 0) is 10.8 Å². The number of fused-ring (bicyclic) bond motifs is 1. The van der Waals surface area contributed by atoms with Crippen LogP contribution in [0.5, 0.6) is 0 Å². The molecule has 0 atom stereocenters. The number of benzene rings is 2. The molecule has 0 saturated carbocycles. The third kappa shape index (κ3) is 7.18. The normalized spacial score (nSPS) is 7.78. The monoisotopic (exact) mass is 423 g/mol. The van der Waals surface area contributed by atoms with E-state index in [-0.39, 0.29) is 84.4 Å². The van der Waals surface area contributed by atoms with E-state index in [0.29, 0.717) is 0 Å². The first kappa shape index (κ1) is 24.3. The molecular weight excluding hydrogens is 419 g/mol. The average Bonchev–Trinajstić information content (AvgIpc) is 2.17. The Kier molecular flexibility index (Phi) is 16.3. The van der Waals surface area contributed by atoms with Gasteiger partial charge < -0.3 is 64.1 Å². The number of rotatable bonds is 1. The fourth-order valence-electron chi connectivity index (χ4n) is 1.35. The Morgan fingerprint density at radius 1 is 0.944 bits per heavy atom. The Balaban J connectivity index is -0.000000562. The van der Waals surface area contributed by atoms with Gasteiger partial charge >= 0.3 is 46.1 Å². The summed E-state index contributed by atoms with van der Waals surface area (Å²) in [7, 11) is 0. The van der Waals surface area contributed by atoms with Crippen molar-refractivity contribution in [1.29, 1.82) is 0 Å². The van der Waals surface area contributed by atoms with Crippen LogP contribution in [0.4, 0.5) is 5.69 Å². The fourth-order valence-corrected chi connectivity index (χ4v) is 1.56. The summed E-state index contributed by atoms with van der Waals surface area (Å²) in [4.78, 5) is 0. The van der Waals surface area contributed by atoms with E-state index in [4.69, 9.17) is 24.8 Å². The quantitative estimate of drug-likeness (QED) is 0.273. The summed E-state index contributed by atoms with van der Waals surface area (Å²) in [5.74, 6) is 0. The van der Waals surface area contributed by atoms with Crippen molar-refractivity contribution in [3.8, 4) is 0 Å². The van der Waals surface area contributed by atoms with Gasteiger partial charge in [-0.3, -0.25) is 0 Å². The predicted molar refractivity (Wildman–Crippen MR) is 78.4 cm³/mol. The molecule has 86 valence electrons. The largest absolute Gasteiger partial charge is 2.00 e. The molecule has 0 heterocycles. The summed E-state index contributed by atoms with van der Waals surface area (Å²) in [6.07, 6.45) is 0. The van der Waals surface area contributed by atoms with Crippen molar-refractivity contribution in [2.75, 3.05) is 0 Å². The van der Waals surface area contributed by atoms with Crippen LogP contribution in [-0.2, 0) is 12.6 Å². The van der Waals surface area contributed by atoms with Crippen LogP contribution in [-0.4, -0.2) is 50.4 Å². The van der Waals surface area contributed by atoms with Gasteiger partial charge in [-0.2, -0.15) is 0 Å². The van der Waals surface area contributed by atoms with Crippen LogP contribution in [0.2, 0.25) is 0 Å². The van der Waals surface area contributed by atoms with E-state index >= 15 is 0 Å². The Morgan fingerprint density at radius 2 is 1.50 bits per heavy atom. The molecule has 0 radical (unpaired) electrons. The van der Waals surface area contributed by atoms with Gasteiger partial charge in [0, 0.05) is 0 Å². The van der Waals surface area contributed by atoms with E-state index in [1.165, 1.54) is 5.39 Å². The van der Waals surface area contributed by atoms with Crippen LogP contribution >= 0.6 is 12.2 Å². The number of hydrogen-bond acceptors (Lipinski definition) is 2. The zero-order chi connectivity index (χ0) is 9.97. The molecule has 0 amide bonds. The molecule has 2 aromatic rings. The zero-order valence-electron chi connectivity index (χ0n) is 9.48. The van der Waals surface area contributed by atoms with Crippen LogP contribution < -0.4 is 34.0 Å². The molecule has 0 unspecified atom stereocenters. The Bertz CT molecular complexity index is 497. The van der Waals surface area contributed by atoms with Gasteiger partial charge in [-0.15, -0.1) is 5.69 Å². The maximum absolute atomic E-state index is 4.75. The topological polar surface area (TPSA) is 14.1 Å². The fraction of sp³-hybridized carbons (Fsp3) is 0. The zero-order valence-corrected chi connectivity index (χ0v) is 17.1. The van der Waals surface area contributed by atoms with Crippen molar-refractivity contribution in [3.63, 3.8) is 0 Å². The van der Waals surface area contributed by atoms with E-state index in [9.17, 15) is 0 Å². The second kappa shape index (κ2) is 12.1. The van der Waals surface area contributed by atoms with Gasteiger partial charge in [0.25, 0.3) is 0 Å². The summed E-state index contributed by atoms with van der Waals surface area (Å²) in [5, 5.41) is 6.40. The molecule has 7 heteroatoms. The third-order valence-electron chi connectivity index (χ3n) is 1.95. The van der Waals surface area contributed by atoms with Crippen molar-refractivity contribution in [2.45, 2.75) is 0 Å². The SMILES string of the molecule is S=C([S-])[N-]c1ccc2ccccc2c1.[Br-].[Br-].[Mg+2].[Mg+2]. The first-order valence-corrected chi connectivity index (χ1v) is 4.99. The molecule has 0 bridgehead atoms. The molecule has 18 heavy (non-hydrogen) atoms. The van der Waals surface area contributed by atoms with Crippen molar-refractivity contribution in [3.05, 3.63) is 47.8 Å². The summed E-state index contributed by atoms with van der Waals surface area (Å²) < 4.78 is 0.250. The van der Waals surface area contributed by atoms with Gasteiger partial charge in [-0.1, -0.05) is 42.5 Å². The van der Waals surface area contributed by atoms with Crippen LogP contribution in [0.3, 0.4) is 0 Å². The number of hydrogen-bond donors (Lipinski definition) is 0. The summed E-state index contributed by atoms with van der Waals surface area (Å²) in [5.41, 5.74) is 0.823. The first-order valence-electron chi connectivity index (χ1n) is 4.17. The molecule has 0 saturated heterocycles. The minimum atomic E-state index is 0. The molecule has 2 rings (SSSR count). The van der Waals surface area contributed by atoms with Crippen LogP contribution in [0.25, 0.3) is 16.1 Å². The number of nitrogens with zero attached hydrogens (tertiary/aromatic N) is 1. The molecular formula is C11H7Br2Mg2NS2. The van der Waals surface area contributed by atoms with E-state index in [2.05, 4.69) is 11.4 Å². The Labute approximate surface area is 171 Å². The van der Waals surface area contributed by atoms with Crippen molar-refractivity contribution in [2.24, 2.45) is 0 Å². The Hall–Kier alpha value is 1.30. The maximum Gasteiger partial charge on any atom is 2.00 e. The molecule has 0 N–H and O–H groups in total. The second-order valence-corrected chi connectivity index (χ2v) is 3.94. The van der Waals surface area contributed by atoms with Gasteiger partial charge in [-0.25, -0.2) is 4.32 Å². The van der Waals surface area contributed by atoms with Crippen molar-refractivity contribution >= 4 is 91.7 Å². The molecule has 0 aliphatic carbocycles. The molecule has 2 aromatic carbocycles. The smallest absolute Gasteiger partial charge is 1.00 e. The summed E-state index contributed by atoms with van der Waals surface area (Å²) in [6.45, 7) is 0. The van der Waals surface area contributed by atoms with E-state index in [1.807, 2.05) is 36.4 Å². The van der Waals surface area contributed by atoms with E-state index in [0.717, 1.165) is 11.1 Å². The molecule has 0 aromatic heterocycles. The average molecular weight is 426 g/mol. The van der Waals surface area contributed by atoms with Gasteiger partial charge in [0.05, 0.1) is 0 Å². The third-order valence-corrected chi connectivity index (χ3v) is 2.14. The molecule has 1 nitrogen and oxygen atoms in total. The van der Waals surface area contributed by atoms with Crippen molar-refractivity contribution < 1.29 is 34.0 Å². The van der Waals surface area contributed by atoms with Crippen LogP contribution in [0, 0.1) is 0 Å². The minimum Gasteiger partial charge on any atom is -1.00 e. The second-order valence-electron chi connectivity index (χ2n) is 2.91. The van der Waals surface area contributed by atoms with E-state index < -0.39 is 0 Å². The molecule has 0 aliphatic heterocycles. The summed E-state index contributed by atoms with van der Waals surface area (Å²) in [6, 6.07) is 14.0. The number of halogens is 2. The Morgan fingerprint density at radius 3 is 2.06 bits per heavy atom. The predicted octanol–water partition coefficient (Wildman–Crippen LogP) is -3.08. The van der Waals surface area contributed by atoms with Crippen LogP contribution in [0.15, 0.2) is 42.5 Å². The first-order chi connectivity index (χ1) is 6.75. The van der Waals surface area contributed by atoms with Gasteiger partial charge in [0.2, 0.25) is 0 Å². The molecule has 0 aliphatic rings. The maximum atomic E-state index is 4.75. The van der Waals surface area contributed by atoms with Crippen molar-refractivity contribution in [1.82, 2.24) is 0 Å². The minimum absolute atomic E-state index is 0. The molecule has 0 spiro atoms. The summed E-state index contributed by atoms with van der Waals surface area (Å²) >= 11 is 9.50. The van der Waals surface area contributed by atoms with E-state index in [1.54, 1.807) is 0 Å². The van der Waals surface area contributed by atoms with Gasteiger partial charge in [0.15, 0.2) is 0 Å². The number of thiocarbonyl (C=S) groups is 1.